The Hall–Kier alpha value is -5.77. The van der Waals surface area contributed by atoms with Gasteiger partial charge in [0.05, 0.1) is 22.0 Å². The summed E-state index contributed by atoms with van der Waals surface area (Å²) in [5, 5.41) is 21.4. The molecule has 3 amide bonds. The molecule has 8 rings (SSSR count). The zero-order valence-electron chi connectivity index (χ0n) is 33.2. The average molecular weight is 824 g/mol. The largest absolute Gasteiger partial charge is 0.351 e. The summed E-state index contributed by atoms with van der Waals surface area (Å²) in [7, 11) is -0.518. The minimum atomic E-state index is -3.83. The molecule has 3 aromatic heterocycles. The molecule has 2 aromatic carbocycles. The van der Waals surface area contributed by atoms with Crippen LogP contribution in [0.15, 0.2) is 58.4 Å². The van der Waals surface area contributed by atoms with Crippen LogP contribution in [0.3, 0.4) is 0 Å². The number of likely N-dealkylation sites (tertiary alicyclic amines) is 1. The molecular weight excluding hydrogens is 778 g/mol. The number of nitriles is 1. The summed E-state index contributed by atoms with van der Waals surface area (Å²) in [6, 6.07) is 13.9. The van der Waals surface area contributed by atoms with E-state index in [2.05, 4.69) is 55.7 Å². The summed E-state index contributed by atoms with van der Waals surface area (Å²) in [6.07, 6.45) is 5.19. The lowest BCUT2D eigenvalue weighted by atomic mass is 9.88. The van der Waals surface area contributed by atoms with Crippen LogP contribution < -0.4 is 21.1 Å². The number of nitrogens with one attached hydrogen (secondary N) is 2. The second kappa shape index (κ2) is 16.1. The van der Waals surface area contributed by atoms with Crippen LogP contribution in [-0.4, -0.2) is 99.2 Å². The molecule has 308 valence electrons. The van der Waals surface area contributed by atoms with Gasteiger partial charge >= 0.3 is 6.03 Å². The molecule has 0 bridgehead atoms. The van der Waals surface area contributed by atoms with E-state index < -0.39 is 27.4 Å². The third-order valence-electron chi connectivity index (χ3n) is 11.9. The van der Waals surface area contributed by atoms with Crippen LogP contribution in [0.1, 0.15) is 61.6 Å². The molecule has 0 saturated carbocycles. The maximum atomic E-state index is 13.9. The lowest BCUT2D eigenvalue weighted by Gasteiger charge is -2.34. The number of carbonyl (C=O) groups excluding carboxylic acids is 2. The Bertz CT molecular complexity index is 2680. The van der Waals surface area contributed by atoms with Gasteiger partial charge in [0, 0.05) is 69.7 Å². The van der Waals surface area contributed by atoms with Gasteiger partial charge in [0.15, 0.2) is 11.6 Å². The van der Waals surface area contributed by atoms with Gasteiger partial charge in [-0.1, -0.05) is 13.0 Å². The number of aryl methyl sites for hydroxylation is 2. The molecule has 59 heavy (non-hydrogen) atoms. The van der Waals surface area contributed by atoms with Crippen LogP contribution in [0, 0.1) is 23.1 Å². The minimum Gasteiger partial charge on any atom is -0.351 e. The molecule has 3 aliphatic rings. The van der Waals surface area contributed by atoms with E-state index in [4.69, 9.17) is 0 Å². The molecule has 0 radical (unpaired) electrons. The first-order valence-corrected chi connectivity index (χ1v) is 21.4. The van der Waals surface area contributed by atoms with E-state index in [-0.39, 0.29) is 48.2 Å². The van der Waals surface area contributed by atoms with Crippen molar-refractivity contribution in [1.29, 1.82) is 5.26 Å². The fourth-order valence-corrected chi connectivity index (χ4v) is 10.2. The minimum absolute atomic E-state index is 0.109. The van der Waals surface area contributed by atoms with Gasteiger partial charge in [0.2, 0.25) is 21.9 Å². The number of imide groups is 1. The number of pyridine rings is 1. The number of rotatable bonds is 10. The molecule has 1 unspecified atom stereocenters. The van der Waals surface area contributed by atoms with Gasteiger partial charge in [-0.05, 0) is 105 Å². The van der Waals surface area contributed by atoms with Crippen LogP contribution in [-0.2, 0) is 35.3 Å². The fraction of sp³-hybridized carbons (Fsp3) is 0.439. The van der Waals surface area contributed by atoms with Gasteiger partial charge < -0.3 is 10.2 Å². The van der Waals surface area contributed by atoms with Crippen LogP contribution in [0.25, 0.3) is 21.9 Å². The normalized spacial score (nSPS) is 18.3. The van der Waals surface area contributed by atoms with Crippen molar-refractivity contribution in [3.63, 3.8) is 0 Å². The summed E-state index contributed by atoms with van der Waals surface area (Å²) in [6.45, 7) is 5.60. The number of amides is 3. The summed E-state index contributed by atoms with van der Waals surface area (Å²) in [4.78, 5) is 49.1. The molecule has 16 nitrogen and oxygen atoms in total. The highest BCUT2D eigenvalue weighted by atomic mass is 32.2. The van der Waals surface area contributed by atoms with Crippen LogP contribution in [0.5, 0.6) is 0 Å². The smallest absolute Gasteiger partial charge is 0.329 e. The van der Waals surface area contributed by atoms with E-state index in [9.17, 15) is 32.5 Å². The molecule has 2 N–H and O–H groups in total. The standard InChI is InChI=1S/C41H46FN11O5S/c1-25(24-51-13-8-26(9-14-51)27-5-7-33-35(21-27)50(3)48-38(33)53-17-12-36(54)46-41(53)56)18-29-19-32(6-4-28(29)22-43)59(57,58)52-15-10-31(11-16-52)45-40-44-23-30-20-34(42)39(55)49(2)37(30)47-40/h4-7,19-21,23,25-26,31H,8-18,24H2,1-3H3,(H,44,45,47)(H,46,54,56). The molecular formula is C41H46FN11O5S. The molecule has 6 heterocycles. The van der Waals surface area contributed by atoms with Gasteiger partial charge in [-0.2, -0.15) is 19.6 Å². The lowest BCUT2D eigenvalue weighted by molar-refractivity contribution is -0.120. The predicted octanol–water partition coefficient (Wildman–Crippen LogP) is 4.00. The monoisotopic (exact) mass is 823 g/mol. The van der Waals surface area contributed by atoms with Crippen molar-refractivity contribution >= 4 is 55.7 Å². The van der Waals surface area contributed by atoms with E-state index >= 15 is 0 Å². The Morgan fingerprint density at radius 3 is 2.49 bits per heavy atom. The number of urea groups is 1. The van der Waals surface area contributed by atoms with Crippen LogP contribution in [0.2, 0.25) is 0 Å². The number of carbonyl (C=O) groups is 2. The molecule has 0 aliphatic carbocycles. The molecule has 3 saturated heterocycles. The number of hydrogen-bond donors (Lipinski definition) is 2. The highest BCUT2D eigenvalue weighted by molar-refractivity contribution is 7.89. The molecule has 1 atom stereocenters. The SMILES string of the molecule is CC(Cc1cc(S(=O)(=O)N2CCC(Nc3ncc4cc(F)c(=O)n(C)c4n3)CC2)ccc1C#N)CN1CCC(c2ccc3c(N4CCC(=O)NC4=O)nn(C)c3c2)CC1. The highest BCUT2D eigenvalue weighted by Gasteiger charge is 2.32. The molecule has 5 aromatic rings. The van der Waals surface area contributed by atoms with E-state index in [0.29, 0.717) is 59.7 Å². The van der Waals surface area contributed by atoms with Gasteiger partial charge in [0.1, 0.15) is 5.65 Å². The third-order valence-corrected chi connectivity index (χ3v) is 13.8. The van der Waals surface area contributed by atoms with Gasteiger partial charge in [-0.3, -0.25) is 29.1 Å². The highest BCUT2D eigenvalue weighted by Crippen LogP contribution is 2.34. The summed E-state index contributed by atoms with van der Waals surface area (Å²) >= 11 is 0. The lowest BCUT2D eigenvalue weighted by Crippen LogP contribution is -2.49. The molecule has 18 heteroatoms. The fourth-order valence-electron chi connectivity index (χ4n) is 8.66. The van der Waals surface area contributed by atoms with E-state index in [0.717, 1.165) is 54.0 Å². The maximum Gasteiger partial charge on any atom is 0.329 e. The number of sulfonamides is 1. The number of benzene rings is 2. The molecule has 3 fully saturated rings. The van der Waals surface area contributed by atoms with E-state index in [1.54, 1.807) is 16.8 Å². The number of piperidine rings is 2. The Labute approximate surface area is 340 Å². The van der Waals surface area contributed by atoms with E-state index in [1.165, 1.54) is 34.1 Å². The number of hydrogen-bond acceptors (Lipinski definition) is 11. The van der Waals surface area contributed by atoms with Crippen molar-refractivity contribution in [1.82, 2.24) is 38.8 Å². The molecule has 3 aliphatic heterocycles. The first kappa shape index (κ1) is 40.0. The number of nitrogens with zero attached hydrogens (tertiary/aromatic N) is 9. The van der Waals surface area contributed by atoms with Crippen LogP contribution >= 0.6 is 0 Å². The maximum absolute atomic E-state index is 13.9. The summed E-state index contributed by atoms with van der Waals surface area (Å²) < 4.78 is 46.0. The zero-order valence-corrected chi connectivity index (χ0v) is 34.0. The Morgan fingerprint density at radius 1 is 1.00 bits per heavy atom. The average Bonchev–Trinajstić information content (AvgIpc) is 3.55. The molecule has 0 spiro atoms. The quantitative estimate of drug-likeness (QED) is 0.207. The van der Waals surface area contributed by atoms with Crippen molar-refractivity contribution in [2.24, 2.45) is 20.0 Å². The Balaban J connectivity index is 0.859. The number of anilines is 2. The third kappa shape index (κ3) is 8.01. The zero-order chi connectivity index (χ0) is 41.6. The topological polar surface area (TPSA) is 191 Å². The van der Waals surface area contributed by atoms with E-state index in [1.807, 2.05) is 13.1 Å². The van der Waals surface area contributed by atoms with Crippen molar-refractivity contribution in [2.75, 3.05) is 49.5 Å². The number of halogens is 1. The number of aromatic nitrogens is 5. The first-order chi connectivity index (χ1) is 28.3. The van der Waals surface area contributed by atoms with Gasteiger partial charge in [-0.25, -0.2) is 22.6 Å². The van der Waals surface area contributed by atoms with Crippen molar-refractivity contribution in [2.45, 2.75) is 62.3 Å². The van der Waals surface area contributed by atoms with Gasteiger partial charge in [-0.15, -0.1) is 0 Å². The van der Waals surface area contributed by atoms with Gasteiger partial charge in [0.25, 0.3) is 5.56 Å². The Kier molecular flexibility index (Phi) is 10.9. The summed E-state index contributed by atoms with van der Waals surface area (Å²) in [5.74, 6) is 0.200. The second-order valence-electron chi connectivity index (χ2n) is 15.9. The van der Waals surface area contributed by atoms with Crippen molar-refractivity contribution < 1.29 is 22.4 Å². The van der Waals surface area contributed by atoms with Crippen molar-refractivity contribution in [3.8, 4) is 6.07 Å². The second-order valence-corrected chi connectivity index (χ2v) is 17.9. The number of fused-ring (bicyclic) bond motifs is 2. The summed E-state index contributed by atoms with van der Waals surface area (Å²) in [5.41, 5.74) is 2.86. The predicted molar refractivity (Wildman–Crippen MR) is 219 cm³/mol. The first-order valence-electron chi connectivity index (χ1n) is 19.9. The van der Waals surface area contributed by atoms with Crippen molar-refractivity contribution in [3.05, 3.63) is 81.5 Å². The van der Waals surface area contributed by atoms with Crippen LogP contribution in [0.4, 0.5) is 21.0 Å². The Morgan fingerprint density at radius 2 is 1.76 bits per heavy atom.